The Bertz CT molecular complexity index is 781. The van der Waals surface area contributed by atoms with Crippen LogP contribution in [0.3, 0.4) is 0 Å². The molecule has 0 spiro atoms. The average molecular weight is 314 g/mol. The maximum Gasteiger partial charge on any atom is 0.123 e. The number of H-pyrrole nitrogens is 1. The van der Waals surface area contributed by atoms with E-state index < -0.39 is 0 Å². The fourth-order valence-electron chi connectivity index (χ4n) is 2.88. The van der Waals surface area contributed by atoms with Crippen LogP contribution in [0.2, 0.25) is 0 Å². The molecule has 6 heteroatoms. The average Bonchev–Trinajstić information content (AvgIpc) is 3.16. The van der Waals surface area contributed by atoms with Gasteiger partial charge in [-0.3, -0.25) is 10.00 Å². The van der Waals surface area contributed by atoms with Gasteiger partial charge in [0.1, 0.15) is 10.8 Å². The molecular weight excluding hydrogens is 299 g/mol. The first-order valence-corrected chi connectivity index (χ1v) is 8.10. The summed E-state index contributed by atoms with van der Waals surface area (Å²) in [5, 5.41) is 10.6. The predicted molar refractivity (Wildman–Crippen MR) is 83.9 cm³/mol. The van der Waals surface area contributed by atoms with Crippen LogP contribution in [0.5, 0.6) is 0 Å². The largest absolute Gasteiger partial charge is 0.292 e. The van der Waals surface area contributed by atoms with Crippen LogP contribution in [0.1, 0.15) is 16.3 Å². The maximum absolute atomic E-state index is 13.5. The van der Waals surface area contributed by atoms with Crippen molar-refractivity contribution >= 4 is 11.3 Å². The van der Waals surface area contributed by atoms with E-state index >= 15 is 0 Å². The standard InChI is InChI=1S/C16H15FN4S/c17-12-3-1-2-11(8-12)16-13-9-21(6-4-14(13)19-20-16)10-15-18-5-7-22-15/h1-3,5,7-8H,4,6,9-10H2,(H,19,20). The van der Waals surface area contributed by atoms with E-state index in [0.29, 0.717) is 0 Å². The number of nitrogens with one attached hydrogen (secondary N) is 1. The summed E-state index contributed by atoms with van der Waals surface area (Å²) in [6.07, 6.45) is 2.77. The molecule has 0 fully saturated rings. The molecule has 1 N–H and O–H groups in total. The van der Waals surface area contributed by atoms with Crippen molar-refractivity contribution in [3.8, 4) is 11.3 Å². The Morgan fingerprint density at radius 3 is 3.14 bits per heavy atom. The molecule has 2 aromatic heterocycles. The normalized spacial score (nSPS) is 15.0. The molecule has 4 nitrogen and oxygen atoms in total. The number of rotatable bonds is 3. The van der Waals surface area contributed by atoms with Crippen molar-refractivity contribution in [3.63, 3.8) is 0 Å². The zero-order valence-corrected chi connectivity index (χ0v) is 12.7. The molecule has 0 saturated carbocycles. The lowest BCUT2D eigenvalue weighted by Gasteiger charge is -2.26. The summed E-state index contributed by atoms with van der Waals surface area (Å²) in [4.78, 5) is 6.71. The molecule has 3 aromatic rings. The van der Waals surface area contributed by atoms with E-state index in [2.05, 4.69) is 20.1 Å². The summed E-state index contributed by atoms with van der Waals surface area (Å²) in [5.41, 5.74) is 4.02. The van der Waals surface area contributed by atoms with Gasteiger partial charge in [-0.05, 0) is 12.1 Å². The third kappa shape index (κ3) is 2.55. The fraction of sp³-hybridized carbons (Fsp3) is 0.250. The molecule has 22 heavy (non-hydrogen) atoms. The van der Waals surface area contributed by atoms with E-state index in [0.717, 1.165) is 48.0 Å². The Kier molecular flexibility index (Phi) is 3.48. The van der Waals surface area contributed by atoms with Crippen LogP contribution < -0.4 is 0 Å². The number of aromatic nitrogens is 3. The smallest absolute Gasteiger partial charge is 0.123 e. The van der Waals surface area contributed by atoms with E-state index in [1.165, 1.54) is 17.7 Å². The minimum Gasteiger partial charge on any atom is -0.292 e. The Labute approximate surface area is 131 Å². The topological polar surface area (TPSA) is 44.8 Å². The van der Waals surface area contributed by atoms with Gasteiger partial charge in [0.15, 0.2) is 0 Å². The van der Waals surface area contributed by atoms with Gasteiger partial charge in [0.2, 0.25) is 0 Å². The molecule has 0 atom stereocenters. The van der Waals surface area contributed by atoms with Crippen molar-refractivity contribution in [1.29, 1.82) is 0 Å². The Hall–Kier alpha value is -2.05. The van der Waals surface area contributed by atoms with Gasteiger partial charge >= 0.3 is 0 Å². The van der Waals surface area contributed by atoms with Crippen molar-refractivity contribution in [1.82, 2.24) is 20.1 Å². The second kappa shape index (κ2) is 5.62. The third-order valence-corrected chi connectivity index (χ3v) is 4.72. The Morgan fingerprint density at radius 1 is 1.36 bits per heavy atom. The van der Waals surface area contributed by atoms with E-state index in [4.69, 9.17) is 0 Å². The lowest BCUT2D eigenvalue weighted by atomic mass is 10.0. The monoisotopic (exact) mass is 314 g/mol. The van der Waals surface area contributed by atoms with Gasteiger partial charge in [-0.15, -0.1) is 11.3 Å². The number of nitrogens with zero attached hydrogens (tertiary/aromatic N) is 3. The van der Waals surface area contributed by atoms with Gasteiger partial charge in [0.05, 0.1) is 12.2 Å². The van der Waals surface area contributed by atoms with Crippen LogP contribution in [0, 0.1) is 5.82 Å². The van der Waals surface area contributed by atoms with Crippen LogP contribution in [-0.4, -0.2) is 26.6 Å². The minimum absolute atomic E-state index is 0.232. The van der Waals surface area contributed by atoms with Gasteiger partial charge in [0, 0.05) is 47.9 Å². The number of thiazole rings is 1. The Morgan fingerprint density at radius 2 is 2.32 bits per heavy atom. The van der Waals surface area contributed by atoms with Crippen LogP contribution in [0.15, 0.2) is 35.8 Å². The van der Waals surface area contributed by atoms with Gasteiger partial charge in [-0.1, -0.05) is 12.1 Å². The van der Waals surface area contributed by atoms with E-state index in [1.54, 1.807) is 17.4 Å². The minimum atomic E-state index is -0.232. The summed E-state index contributed by atoms with van der Waals surface area (Å²) in [6, 6.07) is 6.62. The summed E-state index contributed by atoms with van der Waals surface area (Å²) in [7, 11) is 0. The molecule has 0 radical (unpaired) electrons. The van der Waals surface area contributed by atoms with E-state index in [-0.39, 0.29) is 5.82 Å². The molecule has 0 bridgehead atoms. The first-order chi connectivity index (χ1) is 10.8. The van der Waals surface area contributed by atoms with Gasteiger partial charge < -0.3 is 0 Å². The summed E-state index contributed by atoms with van der Waals surface area (Å²) >= 11 is 1.68. The fourth-order valence-corrected chi connectivity index (χ4v) is 3.54. The lowest BCUT2D eigenvalue weighted by Crippen LogP contribution is -2.29. The first-order valence-electron chi connectivity index (χ1n) is 7.22. The van der Waals surface area contributed by atoms with E-state index in [9.17, 15) is 4.39 Å². The SMILES string of the molecule is Fc1cccc(-c2n[nH]c3c2CN(Cc2nccs2)CC3)c1. The molecule has 4 rings (SSSR count). The number of hydrogen-bond donors (Lipinski definition) is 1. The van der Waals surface area contributed by atoms with Crippen molar-refractivity contribution in [3.05, 3.63) is 57.9 Å². The highest BCUT2D eigenvalue weighted by Crippen LogP contribution is 2.29. The van der Waals surface area contributed by atoms with Gasteiger partial charge in [-0.25, -0.2) is 9.37 Å². The van der Waals surface area contributed by atoms with Crippen molar-refractivity contribution in [2.45, 2.75) is 19.5 Å². The number of halogens is 1. The molecule has 3 heterocycles. The molecule has 112 valence electrons. The maximum atomic E-state index is 13.5. The van der Waals surface area contributed by atoms with Crippen LogP contribution in [-0.2, 0) is 19.5 Å². The van der Waals surface area contributed by atoms with Crippen molar-refractivity contribution in [2.24, 2.45) is 0 Å². The molecule has 1 aromatic carbocycles. The summed E-state index contributed by atoms with van der Waals surface area (Å²) < 4.78 is 13.5. The van der Waals surface area contributed by atoms with Gasteiger partial charge in [-0.2, -0.15) is 5.10 Å². The zero-order valence-electron chi connectivity index (χ0n) is 11.9. The van der Waals surface area contributed by atoms with E-state index in [1.807, 2.05) is 17.6 Å². The molecular formula is C16H15FN4S. The van der Waals surface area contributed by atoms with Crippen molar-refractivity contribution in [2.75, 3.05) is 6.54 Å². The van der Waals surface area contributed by atoms with Gasteiger partial charge in [0.25, 0.3) is 0 Å². The molecule has 1 aliphatic rings. The molecule has 0 unspecified atom stereocenters. The number of benzene rings is 1. The molecule has 1 aliphatic heterocycles. The highest BCUT2D eigenvalue weighted by Gasteiger charge is 2.23. The highest BCUT2D eigenvalue weighted by molar-refractivity contribution is 7.09. The number of aromatic amines is 1. The summed E-state index contributed by atoms with van der Waals surface area (Å²) in [5.74, 6) is -0.232. The molecule has 0 aliphatic carbocycles. The van der Waals surface area contributed by atoms with Crippen molar-refractivity contribution < 1.29 is 4.39 Å². The summed E-state index contributed by atoms with van der Waals surface area (Å²) in [6.45, 7) is 2.65. The Balaban J connectivity index is 1.62. The van der Waals surface area contributed by atoms with Crippen LogP contribution >= 0.6 is 11.3 Å². The second-order valence-electron chi connectivity index (χ2n) is 5.43. The number of fused-ring (bicyclic) bond motifs is 1. The quantitative estimate of drug-likeness (QED) is 0.807. The number of hydrogen-bond acceptors (Lipinski definition) is 4. The second-order valence-corrected chi connectivity index (χ2v) is 6.41. The van der Waals surface area contributed by atoms with Crippen LogP contribution in [0.4, 0.5) is 4.39 Å². The third-order valence-electron chi connectivity index (χ3n) is 3.95. The molecule has 0 saturated heterocycles. The molecule has 0 amide bonds. The predicted octanol–water partition coefficient (Wildman–Crippen LogP) is 3.23. The van der Waals surface area contributed by atoms with Crippen LogP contribution in [0.25, 0.3) is 11.3 Å². The highest BCUT2D eigenvalue weighted by atomic mass is 32.1. The lowest BCUT2D eigenvalue weighted by molar-refractivity contribution is 0.245. The zero-order chi connectivity index (χ0) is 14.9. The first kappa shape index (κ1) is 13.6.